The maximum Gasteiger partial charge on any atom is 0.224 e. The monoisotopic (exact) mass is 282 g/mol. The Bertz CT molecular complexity index is 664. The molecule has 0 saturated carbocycles. The molecule has 0 aliphatic heterocycles. The number of carbonyl (C=O) groups excluding carboxylic acids is 1. The first-order chi connectivity index (χ1) is 10.2. The summed E-state index contributed by atoms with van der Waals surface area (Å²) in [5, 5.41) is 2.88. The van der Waals surface area contributed by atoms with Crippen molar-refractivity contribution < 1.29 is 9.21 Å². The second kappa shape index (κ2) is 7.32. The predicted molar refractivity (Wildman–Crippen MR) is 82.8 cm³/mol. The quantitative estimate of drug-likeness (QED) is 0.846. The van der Waals surface area contributed by atoms with Crippen molar-refractivity contribution in [1.82, 2.24) is 0 Å². The van der Waals surface area contributed by atoms with Gasteiger partial charge in [-0.3, -0.25) is 4.79 Å². The first-order valence-corrected chi connectivity index (χ1v) is 6.81. The highest BCUT2D eigenvalue weighted by Gasteiger charge is 2.05. The van der Waals surface area contributed by atoms with E-state index >= 15 is 0 Å². The van der Waals surface area contributed by atoms with E-state index in [4.69, 9.17) is 10.2 Å². The summed E-state index contributed by atoms with van der Waals surface area (Å²) in [6.07, 6.45) is 2.59. The van der Waals surface area contributed by atoms with Crippen LogP contribution in [0.2, 0.25) is 0 Å². The van der Waals surface area contributed by atoms with Crippen LogP contribution in [-0.2, 0) is 11.2 Å². The summed E-state index contributed by atoms with van der Waals surface area (Å²) in [5.41, 5.74) is 8.07. The smallest absolute Gasteiger partial charge is 0.224 e. The average Bonchev–Trinajstić information content (AvgIpc) is 2.98. The zero-order chi connectivity index (χ0) is 15.1. The van der Waals surface area contributed by atoms with Crippen LogP contribution >= 0.6 is 0 Å². The van der Waals surface area contributed by atoms with E-state index in [0.29, 0.717) is 19.4 Å². The van der Waals surface area contributed by atoms with E-state index in [2.05, 4.69) is 17.2 Å². The molecule has 0 saturated heterocycles. The van der Waals surface area contributed by atoms with Crippen LogP contribution in [0.5, 0.6) is 0 Å². The summed E-state index contributed by atoms with van der Waals surface area (Å²) in [6, 6.07) is 9.32. The highest BCUT2D eigenvalue weighted by molar-refractivity contribution is 5.91. The number of benzene rings is 1. The number of hydrogen-bond acceptors (Lipinski definition) is 3. The molecule has 1 heterocycles. The molecule has 0 fully saturated rings. The summed E-state index contributed by atoms with van der Waals surface area (Å²) in [6.45, 7) is 2.30. The molecule has 1 aromatic heterocycles. The molecule has 2 rings (SSSR count). The summed E-state index contributed by atoms with van der Waals surface area (Å²) >= 11 is 0. The Hall–Kier alpha value is -2.51. The molecule has 0 aliphatic carbocycles. The van der Waals surface area contributed by atoms with E-state index in [-0.39, 0.29) is 5.91 Å². The van der Waals surface area contributed by atoms with Crippen molar-refractivity contribution in [3.05, 3.63) is 53.5 Å². The minimum Gasteiger partial charge on any atom is -0.469 e. The van der Waals surface area contributed by atoms with Crippen molar-refractivity contribution in [2.45, 2.75) is 19.8 Å². The molecule has 4 nitrogen and oxygen atoms in total. The first-order valence-electron chi connectivity index (χ1n) is 6.81. The molecule has 0 unspecified atom stereocenters. The van der Waals surface area contributed by atoms with E-state index in [1.54, 1.807) is 6.26 Å². The highest BCUT2D eigenvalue weighted by atomic mass is 16.3. The second-order valence-electron chi connectivity index (χ2n) is 4.66. The van der Waals surface area contributed by atoms with Gasteiger partial charge in [-0.2, -0.15) is 0 Å². The Balaban J connectivity index is 1.93. The van der Waals surface area contributed by atoms with Crippen molar-refractivity contribution >= 4 is 11.6 Å². The SMILES string of the molecule is Cc1cc(NC(=O)CCc2ccco2)ccc1C#CCN. The van der Waals surface area contributed by atoms with Crippen LogP contribution in [0.4, 0.5) is 5.69 Å². The lowest BCUT2D eigenvalue weighted by molar-refractivity contribution is -0.116. The Morgan fingerprint density at radius 3 is 2.90 bits per heavy atom. The molecule has 0 spiro atoms. The Morgan fingerprint density at radius 2 is 2.24 bits per heavy atom. The number of furan rings is 1. The molecular formula is C17H18N2O2. The fraction of sp³-hybridized carbons (Fsp3) is 0.235. The molecule has 0 atom stereocenters. The van der Waals surface area contributed by atoms with Gasteiger partial charge >= 0.3 is 0 Å². The molecule has 3 N–H and O–H groups in total. The fourth-order valence-electron chi connectivity index (χ4n) is 1.94. The molecule has 0 bridgehead atoms. The molecule has 1 aromatic carbocycles. The van der Waals surface area contributed by atoms with Gasteiger partial charge in [-0.1, -0.05) is 11.8 Å². The third-order valence-electron chi connectivity index (χ3n) is 3.01. The number of rotatable bonds is 4. The van der Waals surface area contributed by atoms with Crippen LogP contribution in [0.15, 0.2) is 41.0 Å². The second-order valence-corrected chi connectivity index (χ2v) is 4.66. The van der Waals surface area contributed by atoms with E-state index < -0.39 is 0 Å². The zero-order valence-electron chi connectivity index (χ0n) is 12.0. The Kier molecular flexibility index (Phi) is 5.19. The largest absolute Gasteiger partial charge is 0.469 e. The van der Waals surface area contributed by atoms with E-state index in [1.165, 1.54) is 0 Å². The van der Waals surface area contributed by atoms with Crippen LogP contribution in [0.25, 0.3) is 0 Å². The van der Waals surface area contributed by atoms with Crippen molar-refractivity contribution in [1.29, 1.82) is 0 Å². The fourth-order valence-corrected chi connectivity index (χ4v) is 1.94. The van der Waals surface area contributed by atoms with Gasteiger partial charge in [0.15, 0.2) is 0 Å². The molecule has 1 amide bonds. The maximum absolute atomic E-state index is 11.9. The Morgan fingerprint density at radius 1 is 1.38 bits per heavy atom. The number of hydrogen-bond donors (Lipinski definition) is 2. The number of amides is 1. The minimum absolute atomic E-state index is 0.0356. The minimum atomic E-state index is -0.0356. The number of aryl methyl sites for hydroxylation is 2. The van der Waals surface area contributed by atoms with Crippen molar-refractivity contribution in [2.75, 3.05) is 11.9 Å². The number of nitrogens with two attached hydrogens (primary N) is 1. The first kappa shape index (κ1) is 14.9. The lowest BCUT2D eigenvalue weighted by atomic mass is 10.1. The number of nitrogens with one attached hydrogen (secondary N) is 1. The highest BCUT2D eigenvalue weighted by Crippen LogP contribution is 2.15. The van der Waals surface area contributed by atoms with Gasteiger partial charge in [0.05, 0.1) is 12.8 Å². The van der Waals surface area contributed by atoms with Gasteiger partial charge < -0.3 is 15.5 Å². The van der Waals surface area contributed by atoms with Gasteiger partial charge in [0, 0.05) is 24.1 Å². The summed E-state index contributed by atoms with van der Waals surface area (Å²) in [7, 11) is 0. The summed E-state index contributed by atoms with van der Waals surface area (Å²) in [5.74, 6) is 6.60. The van der Waals surface area contributed by atoms with Gasteiger partial charge in [-0.05, 0) is 42.8 Å². The van der Waals surface area contributed by atoms with Gasteiger partial charge in [-0.25, -0.2) is 0 Å². The normalized spacial score (nSPS) is 9.81. The standard InChI is InChI=1S/C17H18N2O2/c1-13-12-15(7-6-14(13)4-2-10-18)19-17(20)9-8-16-5-3-11-21-16/h3,5-7,11-12H,8-10,18H2,1H3,(H,19,20). The average molecular weight is 282 g/mol. The molecule has 0 aliphatic rings. The maximum atomic E-state index is 11.9. The summed E-state index contributed by atoms with van der Waals surface area (Å²) < 4.78 is 5.20. The molecule has 4 heteroatoms. The van der Waals surface area contributed by atoms with Crippen LogP contribution in [0.3, 0.4) is 0 Å². The lowest BCUT2D eigenvalue weighted by Crippen LogP contribution is -2.12. The Labute approximate surface area is 124 Å². The third-order valence-corrected chi connectivity index (χ3v) is 3.01. The van der Waals surface area contributed by atoms with Crippen molar-refractivity contribution in [3.63, 3.8) is 0 Å². The van der Waals surface area contributed by atoms with Gasteiger partial charge in [-0.15, -0.1) is 0 Å². The van der Waals surface area contributed by atoms with Gasteiger partial charge in [0.25, 0.3) is 0 Å². The van der Waals surface area contributed by atoms with Crippen molar-refractivity contribution in [2.24, 2.45) is 5.73 Å². The van der Waals surface area contributed by atoms with Gasteiger partial charge in [0.2, 0.25) is 5.91 Å². The molecule has 108 valence electrons. The molecule has 2 aromatic rings. The van der Waals surface area contributed by atoms with Crippen LogP contribution in [-0.4, -0.2) is 12.5 Å². The van der Waals surface area contributed by atoms with E-state index in [0.717, 1.165) is 22.6 Å². The predicted octanol–water partition coefficient (Wildman–Crippen LogP) is 2.47. The molecule has 0 radical (unpaired) electrons. The number of anilines is 1. The van der Waals surface area contributed by atoms with Crippen LogP contribution < -0.4 is 11.1 Å². The molecule has 21 heavy (non-hydrogen) atoms. The van der Waals surface area contributed by atoms with Crippen LogP contribution in [0, 0.1) is 18.8 Å². The van der Waals surface area contributed by atoms with Crippen LogP contribution in [0.1, 0.15) is 23.3 Å². The van der Waals surface area contributed by atoms with E-state index in [1.807, 2.05) is 37.3 Å². The van der Waals surface area contributed by atoms with E-state index in [9.17, 15) is 4.79 Å². The topological polar surface area (TPSA) is 68.3 Å². The summed E-state index contributed by atoms with van der Waals surface area (Å²) in [4.78, 5) is 11.9. The molecular weight excluding hydrogens is 264 g/mol. The third kappa shape index (κ3) is 4.51. The zero-order valence-corrected chi connectivity index (χ0v) is 12.0. The lowest BCUT2D eigenvalue weighted by Gasteiger charge is -2.07. The van der Waals surface area contributed by atoms with Crippen molar-refractivity contribution in [3.8, 4) is 11.8 Å². The number of carbonyl (C=O) groups is 1. The van der Waals surface area contributed by atoms with Gasteiger partial charge in [0.1, 0.15) is 5.76 Å².